The number of carbonyl (C=O) groups excluding carboxylic acids is 2. The molecule has 0 bridgehead atoms. The van der Waals surface area contributed by atoms with Gasteiger partial charge < -0.3 is 14.6 Å². The van der Waals surface area contributed by atoms with Gasteiger partial charge in [-0.15, -0.1) is 0 Å². The molecule has 0 spiro atoms. The lowest BCUT2D eigenvalue weighted by molar-refractivity contribution is 0.0574. The van der Waals surface area contributed by atoms with Gasteiger partial charge in [-0.25, -0.2) is 4.79 Å². The number of ketones is 1. The Morgan fingerprint density at radius 3 is 2.38 bits per heavy atom. The largest absolute Gasteiger partial charge is 0.492 e. The third kappa shape index (κ3) is 7.04. The van der Waals surface area contributed by atoms with Crippen molar-refractivity contribution in [3.8, 4) is 5.75 Å². The van der Waals surface area contributed by atoms with Gasteiger partial charge in [-0.3, -0.25) is 14.7 Å². The smallest absolute Gasteiger partial charge is 0.414 e. The van der Waals surface area contributed by atoms with E-state index in [0.29, 0.717) is 27.6 Å². The predicted octanol–water partition coefficient (Wildman–Crippen LogP) is 5.47. The molecular weight excluding hydrogens is 456 g/mol. The lowest BCUT2D eigenvalue weighted by Gasteiger charge is -2.27. The van der Waals surface area contributed by atoms with Gasteiger partial charge in [0.2, 0.25) is 0 Å². The number of rotatable bonds is 8. The number of amides is 1. The highest BCUT2D eigenvalue weighted by atomic mass is 35.5. The summed E-state index contributed by atoms with van der Waals surface area (Å²) in [7, 11) is 0. The number of hydrogen-bond donors (Lipinski definition) is 1. The van der Waals surface area contributed by atoms with Crippen LogP contribution in [0.15, 0.2) is 73.1 Å². The molecule has 2 aromatic carbocycles. The van der Waals surface area contributed by atoms with Crippen LogP contribution < -0.4 is 9.64 Å². The van der Waals surface area contributed by atoms with E-state index in [4.69, 9.17) is 21.1 Å². The van der Waals surface area contributed by atoms with Crippen molar-refractivity contribution in [1.29, 1.82) is 0 Å². The van der Waals surface area contributed by atoms with Gasteiger partial charge in [0.25, 0.3) is 0 Å². The summed E-state index contributed by atoms with van der Waals surface area (Å²) in [6.45, 7) is 5.68. The summed E-state index contributed by atoms with van der Waals surface area (Å²) in [4.78, 5) is 30.8. The zero-order valence-electron chi connectivity index (χ0n) is 19.3. The second-order valence-corrected chi connectivity index (χ2v) is 8.98. The van der Waals surface area contributed by atoms with E-state index in [-0.39, 0.29) is 13.2 Å². The maximum atomic E-state index is 12.7. The van der Waals surface area contributed by atoms with E-state index in [2.05, 4.69) is 4.98 Å². The van der Waals surface area contributed by atoms with E-state index >= 15 is 0 Å². The molecule has 8 heteroatoms. The van der Waals surface area contributed by atoms with Crippen LogP contribution in [0.4, 0.5) is 10.5 Å². The molecule has 178 valence electrons. The van der Waals surface area contributed by atoms with E-state index in [0.717, 1.165) is 0 Å². The molecule has 0 aliphatic heterocycles. The van der Waals surface area contributed by atoms with Crippen molar-refractivity contribution < 1.29 is 24.2 Å². The van der Waals surface area contributed by atoms with Crippen molar-refractivity contribution >= 4 is 29.2 Å². The van der Waals surface area contributed by atoms with Crippen LogP contribution >= 0.6 is 11.6 Å². The molecule has 1 N–H and O–H groups in total. The molecule has 34 heavy (non-hydrogen) atoms. The normalized spacial score (nSPS) is 12.0. The second kappa shape index (κ2) is 11.1. The summed E-state index contributed by atoms with van der Waals surface area (Å²) in [6.07, 6.45) is 1.26. The predicted molar refractivity (Wildman–Crippen MR) is 130 cm³/mol. The number of aromatic nitrogens is 1. The average molecular weight is 483 g/mol. The van der Waals surface area contributed by atoms with E-state index in [9.17, 15) is 14.7 Å². The van der Waals surface area contributed by atoms with Crippen molar-refractivity contribution in [3.63, 3.8) is 0 Å². The molecule has 0 aliphatic rings. The van der Waals surface area contributed by atoms with Crippen LogP contribution in [0.2, 0.25) is 5.02 Å². The van der Waals surface area contributed by atoms with E-state index in [1.807, 2.05) is 0 Å². The van der Waals surface area contributed by atoms with Crippen LogP contribution in [0, 0.1) is 0 Å². The third-order valence-corrected chi connectivity index (χ3v) is 4.91. The Morgan fingerprint density at radius 1 is 1.06 bits per heavy atom. The molecule has 0 radical (unpaired) electrons. The van der Waals surface area contributed by atoms with Crippen LogP contribution in [-0.4, -0.2) is 40.7 Å². The highest BCUT2D eigenvalue weighted by Crippen LogP contribution is 2.27. The Balaban J connectivity index is 1.72. The first-order chi connectivity index (χ1) is 16.1. The molecule has 1 amide bonds. The summed E-state index contributed by atoms with van der Waals surface area (Å²) in [5.41, 5.74) is 0.660. The summed E-state index contributed by atoms with van der Waals surface area (Å²) < 4.78 is 11.3. The van der Waals surface area contributed by atoms with Crippen LogP contribution in [0.25, 0.3) is 0 Å². The summed E-state index contributed by atoms with van der Waals surface area (Å²) in [5.74, 6) is -0.0797. The minimum absolute atomic E-state index is 0.115. The maximum absolute atomic E-state index is 12.7. The SMILES string of the molecule is CC(C)(C)OC(=O)N(CCOc1cc(Cl)cc(C(O)C(=O)c2ccccc2)c1)c1ccncc1. The zero-order valence-corrected chi connectivity index (χ0v) is 20.0. The Morgan fingerprint density at radius 2 is 1.74 bits per heavy atom. The van der Waals surface area contributed by atoms with Gasteiger partial charge in [0.05, 0.1) is 12.2 Å². The van der Waals surface area contributed by atoms with Crippen LogP contribution in [-0.2, 0) is 4.74 Å². The molecule has 0 saturated heterocycles. The van der Waals surface area contributed by atoms with Gasteiger partial charge in [-0.1, -0.05) is 41.9 Å². The number of halogens is 1. The number of aliphatic hydroxyl groups excluding tert-OH is 1. The molecule has 7 nitrogen and oxygen atoms in total. The number of pyridine rings is 1. The first-order valence-electron chi connectivity index (χ1n) is 10.8. The summed E-state index contributed by atoms with van der Waals surface area (Å²) in [5, 5.41) is 10.9. The molecule has 1 unspecified atom stereocenters. The van der Waals surface area contributed by atoms with Crippen LogP contribution in [0.1, 0.15) is 42.8 Å². The van der Waals surface area contributed by atoms with Gasteiger partial charge >= 0.3 is 6.09 Å². The van der Waals surface area contributed by atoms with Crippen molar-refractivity contribution in [2.24, 2.45) is 0 Å². The highest BCUT2D eigenvalue weighted by molar-refractivity contribution is 6.30. The molecule has 1 heterocycles. The fourth-order valence-electron chi connectivity index (χ4n) is 3.16. The molecule has 0 saturated carbocycles. The minimum atomic E-state index is -1.39. The number of hydrogen-bond acceptors (Lipinski definition) is 6. The maximum Gasteiger partial charge on any atom is 0.414 e. The summed E-state index contributed by atoms with van der Waals surface area (Å²) >= 11 is 6.21. The topological polar surface area (TPSA) is 89.0 Å². The van der Waals surface area contributed by atoms with Crippen LogP contribution in [0.3, 0.4) is 0 Å². The Hall–Kier alpha value is -3.42. The molecule has 1 aromatic heterocycles. The molecular formula is C26H27ClN2O5. The van der Waals surface area contributed by atoms with E-state index in [1.165, 1.54) is 11.0 Å². The fraction of sp³-hybridized carbons (Fsp3) is 0.269. The highest BCUT2D eigenvalue weighted by Gasteiger charge is 2.24. The summed E-state index contributed by atoms with van der Waals surface area (Å²) in [6, 6.07) is 16.6. The number of benzene rings is 2. The van der Waals surface area contributed by atoms with Gasteiger partial charge in [-0.2, -0.15) is 0 Å². The lowest BCUT2D eigenvalue weighted by Crippen LogP contribution is -2.39. The van der Waals surface area contributed by atoms with Gasteiger partial charge in [0.1, 0.15) is 24.1 Å². The van der Waals surface area contributed by atoms with Gasteiger partial charge in [0.15, 0.2) is 5.78 Å². The Bertz CT molecular complexity index is 1120. The number of anilines is 1. The molecule has 3 aromatic rings. The Kier molecular flexibility index (Phi) is 8.26. The standard InChI is InChI=1S/C26H27ClN2O5/c1-26(2,3)34-25(32)29(21-9-11-28-12-10-21)13-14-33-22-16-19(15-20(27)17-22)24(31)23(30)18-7-5-4-6-8-18/h4-12,15-17,24,31H,13-14H2,1-3H3. The first kappa shape index (κ1) is 25.2. The molecule has 0 fully saturated rings. The lowest BCUT2D eigenvalue weighted by atomic mass is 10.00. The molecule has 0 aliphatic carbocycles. The number of ether oxygens (including phenoxy) is 2. The van der Waals surface area contributed by atoms with Crippen molar-refractivity contribution in [1.82, 2.24) is 4.98 Å². The fourth-order valence-corrected chi connectivity index (χ4v) is 3.39. The number of nitrogens with zero attached hydrogens (tertiary/aromatic N) is 2. The monoisotopic (exact) mass is 482 g/mol. The van der Waals surface area contributed by atoms with Crippen LogP contribution in [0.5, 0.6) is 5.75 Å². The van der Waals surface area contributed by atoms with Gasteiger partial charge in [0, 0.05) is 23.0 Å². The molecule has 1 atom stereocenters. The number of carbonyl (C=O) groups is 2. The van der Waals surface area contributed by atoms with Crippen molar-refractivity contribution in [2.75, 3.05) is 18.1 Å². The van der Waals surface area contributed by atoms with Crippen molar-refractivity contribution in [3.05, 3.63) is 89.2 Å². The van der Waals surface area contributed by atoms with E-state index in [1.54, 1.807) is 87.8 Å². The van der Waals surface area contributed by atoms with Crippen molar-refractivity contribution in [2.45, 2.75) is 32.5 Å². The third-order valence-electron chi connectivity index (χ3n) is 4.69. The Labute approximate surface area is 203 Å². The number of aliphatic hydroxyl groups is 1. The second-order valence-electron chi connectivity index (χ2n) is 8.54. The quantitative estimate of drug-likeness (QED) is 0.428. The first-order valence-corrected chi connectivity index (χ1v) is 11.1. The molecule has 3 rings (SSSR count). The zero-order chi connectivity index (χ0) is 24.7. The average Bonchev–Trinajstić information content (AvgIpc) is 2.80. The van der Waals surface area contributed by atoms with E-state index < -0.39 is 23.6 Å². The number of Topliss-reactive ketones (excluding diaryl/α,β-unsaturated/α-hetero) is 1. The van der Waals surface area contributed by atoms with Gasteiger partial charge in [-0.05, 0) is 56.7 Å². The minimum Gasteiger partial charge on any atom is -0.492 e.